The Hall–Kier alpha value is -2.53. The summed E-state index contributed by atoms with van der Waals surface area (Å²) in [6.07, 6.45) is 3.88. The molecule has 1 heterocycles. The number of aromatic hydroxyl groups is 1. The molecule has 0 saturated carbocycles. The molecule has 0 aromatic heterocycles. The molecule has 0 amide bonds. The van der Waals surface area contributed by atoms with Gasteiger partial charge in [-0.25, -0.2) is 4.39 Å². The Morgan fingerprint density at radius 3 is 2.77 bits per heavy atom. The van der Waals surface area contributed by atoms with Gasteiger partial charge in [0.05, 0.1) is 5.56 Å². The maximum atomic E-state index is 13.9. The summed E-state index contributed by atoms with van der Waals surface area (Å²) in [4.78, 5) is 23.9. The fourth-order valence-corrected chi connectivity index (χ4v) is 3.29. The molecule has 1 atom stereocenters. The SMILES string of the molecule is O=Cc1cc(-c2cccc(C(=O)C3CCCCOCC3)c2)cc(F)c1O. The fourth-order valence-electron chi connectivity index (χ4n) is 3.29. The van der Waals surface area contributed by atoms with E-state index in [4.69, 9.17) is 4.74 Å². The van der Waals surface area contributed by atoms with Gasteiger partial charge >= 0.3 is 0 Å². The number of carbonyl (C=O) groups is 2. The summed E-state index contributed by atoms with van der Waals surface area (Å²) in [5.41, 5.74) is 1.51. The summed E-state index contributed by atoms with van der Waals surface area (Å²) in [5.74, 6) is -1.54. The van der Waals surface area contributed by atoms with Crippen LogP contribution < -0.4 is 0 Å². The summed E-state index contributed by atoms with van der Waals surface area (Å²) in [6.45, 7) is 1.34. The van der Waals surface area contributed by atoms with Gasteiger partial charge in [0.25, 0.3) is 0 Å². The predicted molar refractivity (Wildman–Crippen MR) is 96.0 cm³/mol. The van der Waals surface area contributed by atoms with Crippen LogP contribution in [0.4, 0.5) is 4.39 Å². The first-order valence-electron chi connectivity index (χ1n) is 8.80. The van der Waals surface area contributed by atoms with Crippen LogP contribution in [0.3, 0.4) is 0 Å². The van der Waals surface area contributed by atoms with E-state index in [0.29, 0.717) is 36.0 Å². The number of hydrogen-bond acceptors (Lipinski definition) is 4. The molecule has 1 aliphatic heterocycles. The van der Waals surface area contributed by atoms with Gasteiger partial charge in [0, 0.05) is 24.7 Å². The van der Waals surface area contributed by atoms with Crippen LogP contribution in [0.5, 0.6) is 5.75 Å². The first kappa shape index (κ1) is 18.3. The van der Waals surface area contributed by atoms with Crippen molar-refractivity contribution in [3.63, 3.8) is 0 Å². The van der Waals surface area contributed by atoms with Gasteiger partial charge < -0.3 is 9.84 Å². The Morgan fingerprint density at radius 2 is 1.96 bits per heavy atom. The molecule has 1 fully saturated rings. The van der Waals surface area contributed by atoms with Crippen molar-refractivity contribution in [2.24, 2.45) is 5.92 Å². The molecule has 136 valence electrons. The molecule has 1 aliphatic rings. The monoisotopic (exact) mass is 356 g/mol. The number of phenolic OH excluding ortho intramolecular Hbond substituents is 1. The Morgan fingerprint density at radius 1 is 1.12 bits per heavy atom. The molecular weight excluding hydrogens is 335 g/mol. The summed E-state index contributed by atoms with van der Waals surface area (Å²) in [6, 6.07) is 9.53. The first-order chi connectivity index (χ1) is 12.6. The number of benzene rings is 2. The van der Waals surface area contributed by atoms with Crippen LogP contribution in [0.25, 0.3) is 11.1 Å². The van der Waals surface area contributed by atoms with Crippen molar-refractivity contribution in [1.82, 2.24) is 0 Å². The van der Waals surface area contributed by atoms with E-state index in [-0.39, 0.29) is 17.3 Å². The van der Waals surface area contributed by atoms with Gasteiger partial charge in [-0.2, -0.15) is 0 Å². The summed E-state index contributed by atoms with van der Waals surface area (Å²) in [7, 11) is 0. The summed E-state index contributed by atoms with van der Waals surface area (Å²) >= 11 is 0. The van der Waals surface area contributed by atoms with Crippen LogP contribution in [0.2, 0.25) is 0 Å². The lowest BCUT2D eigenvalue weighted by Crippen LogP contribution is -2.19. The Labute approximate surface area is 151 Å². The van der Waals surface area contributed by atoms with E-state index < -0.39 is 11.6 Å². The molecule has 5 heteroatoms. The highest BCUT2D eigenvalue weighted by Gasteiger charge is 2.21. The van der Waals surface area contributed by atoms with Crippen molar-refractivity contribution in [3.8, 4) is 16.9 Å². The second kappa shape index (κ2) is 8.23. The minimum Gasteiger partial charge on any atom is -0.504 e. The quantitative estimate of drug-likeness (QED) is 0.651. The van der Waals surface area contributed by atoms with Crippen molar-refractivity contribution in [2.75, 3.05) is 13.2 Å². The third-order valence-corrected chi connectivity index (χ3v) is 4.77. The molecule has 2 aromatic rings. The maximum Gasteiger partial charge on any atom is 0.166 e. The van der Waals surface area contributed by atoms with E-state index in [9.17, 15) is 19.1 Å². The van der Waals surface area contributed by atoms with Crippen molar-refractivity contribution < 1.29 is 23.8 Å². The lowest BCUT2D eigenvalue weighted by molar-refractivity contribution is 0.0753. The smallest absolute Gasteiger partial charge is 0.166 e. The standard InChI is InChI=1S/C21H21FO4/c22-19-12-17(11-18(13-23)21(19)25)15-5-3-6-16(10-15)20(24)14-4-1-2-8-26-9-7-14/h3,5-6,10-14,25H,1-2,4,7-9H2. The Kier molecular flexibility index (Phi) is 5.78. The van der Waals surface area contributed by atoms with Crippen molar-refractivity contribution in [2.45, 2.75) is 25.7 Å². The molecule has 1 N–H and O–H groups in total. The summed E-state index contributed by atoms with van der Waals surface area (Å²) < 4.78 is 19.3. The zero-order chi connectivity index (χ0) is 18.5. The van der Waals surface area contributed by atoms with Crippen molar-refractivity contribution >= 4 is 12.1 Å². The topological polar surface area (TPSA) is 63.6 Å². The lowest BCUT2D eigenvalue weighted by atomic mass is 9.88. The second-order valence-corrected chi connectivity index (χ2v) is 6.55. The number of ketones is 1. The molecule has 1 saturated heterocycles. The molecule has 26 heavy (non-hydrogen) atoms. The van der Waals surface area contributed by atoms with Crippen LogP contribution in [0.15, 0.2) is 36.4 Å². The summed E-state index contributed by atoms with van der Waals surface area (Å²) in [5, 5.41) is 9.56. The number of aldehydes is 1. The molecule has 0 bridgehead atoms. The molecule has 2 aromatic carbocycles. The largest absolute Gasteiger partial charge is 0.504 e. The van der Waals surface area contributed by atoms with E-state index in [1.807, 2.05) is 0 Å². The van der Waals surface area contributed by atoms with E-state index in [2.05, 4.69) is 0 Å². The minimum absolute atomic E-state index is 0.0622. The number of hydrogen-bond donors (Lipinski definition) is 1. The van der Waals surface area contributed by atoms with Crippen LogP contribution in [-0.4, -0.2) is 30.4 Å². The van der Waals surface area contributed by atoms with E-state index in [0.717, 1.165) is 31.9 Å². The van der Waals surface area contributed by atoms with Crippen LogP contribution in [0, 0.1) is 11.7 Å². The van der Waals surface area contributed by atoms with E-state index in [1.165, 1.54) is 6.07 Å². The highest BCUT2D eigenvalue weighted by Crippen LogP contribution is 2.30. The van der Waals surface area contributed by atoms with Crippen molar-refractivity contribution in [1.29, 1.82) is 0 Å². The number of rotatable bonds is 4. The van der Waals surface area contributed by atoms with Gasteiger partial charge in [-0.05, 0) is 48.6 Å². The molecular formula is C21H21FO4. The van der Waals surface area contributed by atoms with Crippen LogP contribution >= 0.6 is 0 Å². The zero-order valence-corrected chi connectivity index (χ0v) is 14.4. The molecule has 0 spiro atoms. The second-order valence-electron chi connectivity index (χ2n) is 6.55. The molecule has 3 rings (SSSR count). The number of Topliss-reactive ketones (excluding diaryl/α,β-unsaturated/α-hetero) is 1. The average Bonchev–Trinajstić information content (AvgIpc) is 2.63. The van der Waals surface area contributed by atoms with Gasteiger partial charge in [-0.1, -0.05) is 24.6 Å². The van der Waals surface area contributed by atoms with Crippen LogP contribution in [0.1, 0.15) is 46.4 Å². The Bertz CT molecular complexity index is 808. The maximum absolute atomic E-state index is 13.9. The van der Waals surface area contributed by atoms with Gasteiger partial charge in [0.2, 0.25) is 0 Å². The van der Waals surface area contributed by atoms with Gasteiger partial charge in [-0.3, -0.25) is 9.59 Å². The van der Waals surface area contributed by atoms with Crippen molar-refractivity contribution in [3.05, 3.63) is 53.3 Å². The lowest BCUT2D eigenvalue weighted by Gasteiger charge is -2.19. The highest BCUT2D eigenvalue weighted by molar-refractivity contribution is 5.99. The number of carbonyl (C=O) groups excluding carboxylic acids is 2. The highest BCUT2D eigenvalue weighted by atomic mass is 19.1. The number of phenols is 1. The predicted octanol–water partition coefficient (Wildman–Crippen LogP) is 4.40. The molecule has 0 aliphatic carbocycles. The van der Waals surface area contributed by atoms with E-state index in [1.54, 1.807) is 24.3 Å². The Balaban J connectivity index is 1.89. The third kappa shape index (κ3) is 3.99. The number of halogens is 1. The van der Waals surface area contributed by atoms with Crippen LogP contribution in [-0.2, 0) is 4.74 Å². The minimum atomic E-state index is -0.863. The zero-order valence-electron chi connectivity index (χ0n) is 14.4. The molecule has 0 radical (unpaired) electrons. The number of ether oxygens (including phenoxy) is 1. The first-order valence-corrected chi connectivity index (χ1v) is 8.80. The van der Waals surface area contributed by atoms with Gasteiger partial charge in [-0.15, -0.1) is 0 Å². The van der Waals surface area contributed by atoms with E-state index >= 15 is 0 Å². The third-order valence-electron chi connectivity index (χ3n) is 4.77. The van der Waals surface area contributed by atoms with Gasteiger partial charge in [0.1, 0.15) is 0 Å². The van der Waals surface area contributed by atoms with Gasteiger partial charge in [0.15, 0.2) is 23.6 Å². The normalized spacial score (nSPS) is 18.0. The molecule has 1 unspecified atom stereocenters. The average molecular weight is 356 g/mol. The fraction of sp³-hybridized carbons (Fsp3) is 0.333. The molecule has 4 nitrogen and oxygen atoms in total.